The third kappa shape index (κ3) is 3.47. The molecule has 5 nitrogen and oxygen atoms in total. The second-order valence-electron chi connectivity index (χ2n) is 5.45. The molecule has 0 aromatic heterocycles. The Bertz CT molecular complexity index is 492. The first-order valence-corrected chi connectivity index (χ1v) is 7.41. The Labute approximate surface area is 126 Å². The van der Waals surface area contributed by atoms with Gasteiger partial charge in [0.05, 0.1) is 19.4 Å². The zero-order chi connectivity index (χ0) is 15.3. The zero-order valence-corrected chi connectivity index (χ0v) is 13.0. The molecule has 0 saturated carbocycles. The molecule has 0 aliphatic carbocycles. The summed E-state index contributed by atoms with van der Waals surface area (Å²) in [4.78, 5) is 14.3. The van der Waals surface area contributed by atoms with Crippen molar-refractivity contribution in [2.24, 2.45) is 0 Å². The van der Waals surface area contributed by atoms with Gasteiger partial charge in [-0.2, -0.15) is 0 Å². The van der Waals surface area contributed by atoms with E-state index in [4.69, 9.17) is 9.47 Å². The third-order valence-corrected chi connectivity index (χ3v) is 3.75. The molecule has 116 valence electrons. The van der Waals surface area contributed by atoms with Crippen LogP contribution in [-0.4, -0.2) is 44.9 Å². The van der Waals surface area contributed by atoms with Gasteiger partial charge >= 0.3 is 5.97 Å². The number of carbonyl (C=O) groups excluding carboxylic acids is 1. The van der Waals surface area contributed by atoms with Crippen LogP contribution >= 0.6 is 0 Å². The SMILES string of the molecule is CCNC(C)(CN1CCCOc2ccccc21)C(=O)OC. The molecule has 0 bridgehead atoms. The van der Waals surface area contributed by atoms with E-state index in [1.54, 1.807) is 0 Å². The van der Waals surface area contributed by atoms with E-state index in [1.807, 2.05) is 38.1 Å². The second kappa shape index (κ2) is 6.80. The summed E-state index contributed by atoms with van der Waals surface area (Å²) in [5, 5.41) is 3.25. The Morgan fingerprint density at radius 1 is 1.48 bits per heavy atom. The molecule has 1 heterocycles. The highest BCUT2D eigenvalue weighted by atomic mass is 16.5. The molecule has 0 amide bonds. The van der Waals surface area contributed by atoms with Crippen LogP contribution in [0.3, 0.4) is 0 Å². The minimum Gasteiger partial charge on any atom is -0.491 e. The Kier molecular flexibility index (Phi) is 5.07. The fraction of sp³-hybridized carbons (Fsp3) is 0.562. The van der Waals surface area contributed by atoms with Crippen LogP contribution in [0.2, 0.25) is 0 Å². The van der Waals surface area contributed by atoms with Gasteiger partial charge in [-0.3, -0.25) is 0 Å². The Balaban J connectivity index is 2.26. The molecule has 1 aromatic carbocycles. The molecule has 1 unspecified atom stereocenters. The van der Waals surface area contributed by atoms with Gasteiger partial charge in [-0.05, 0) is 32.0 Å². The van der Waals surface area contributed by atoms with Crippen molar-refractivity contribution in [1.29, 1.82) is 0 Å². The number of carbonyl (C=O) groups is 1. The highest BCUT2D eigenvalue weighted by Crippen LogP contribution is 2.31. The highest BCUT2D eigenvalue weighted by molar-refractivity contribution is 5.81. The molecule has 1 atom stereocenters. The van der Waals surface area contributed by atoms with Crippen molar-refractivity contribution in [3.63, 3.8) is 0 Å². The van der Waals surface area contributed by atoms with Gasteiger partial charge in [0.1, 0.15) is 11.3 Å². The van der Waals surface area contributed by atoms with E-state index in [1.165, 1.54) is 7.11 Å². The number of ether oxygens (including phenoxy) is 2. The number of hydrogen-bond donors (Lipinski definition) is 1. The van der Waals surface area contributed by atoms with Crippen molar-refractivity contribution >= 4 is 11.7 Å². The number of rotatable bonds is 5. The van der Waals surface area contributed by atoms with Gasteiger partial charge in [0.15, 0.2) is 0 Å². The summed E-state index contributed by atoms with van der Waals surface area (Å²) < 4.78 is 10.7. The topological polar surface area (TPSA) is 50.8 Å². The van der Waals surface area contributed by atoms with Gasteiger partial charge in [-0.15, -0.1) is 0 Å². The Hall–Kier alpha value is -1.75. The normalized spacial score (nSPS) is 17.2. The van der Waals surface area contributed by atoms with E-state index < -0.39 is 5.54 Å². The molecule has 1 aliphatic heterocycles. The standard InChI is InChI=1S/C16H24N2O3/c1-4-17-16(2,15(19)20-3)12-18-10-7-11-21-14-9-6-5-8-13(14)18/h5-6,8-9,17H,4,7,10-12H2,1-3H3. The lowest BCUT2D eigenvalue weighted by molar-refractivity contribution is -0.147. The molecule has 5 heteroatoms. The molecule has 21 heavy (non-hydrogen) atoms. The maximum Gasteiger partial charge on any atom is 0.327 e. The maximum absolute atomic E-state index is 12.2. The van der Waals surface area contributed by atoms with Crippen LogP contribution in [-0.2, 0) is 9.53 Å². The number of likely N-dealkylation sites (N-methyl/N-ethyl adjacent to an activating group) is 1. The second-order valence-corrected chi connectivity index (χ2v) is 5.45. The largest absolute Gasteiger partial charge is 0.491 e. The predicted octanol–water partition coefficient (Wildman–Crippen LogP) is 1.82. The predicted molar refractivity (Wildman–Crippen MR) is 82.9 cm³/mol. The smallest absolute Gasteiger partial charge is 0.327 e. The number of esters is 1. The molecule has 0 saturated heterocycles. The minimum atomic E-state index is -0.735. The van der Waals surface area contributed by atoms with Crippen LogP contribution in [0.4, 0.5) is 5.69 Å². The number of nitrogens with one attached hydrogen (secondary N) is 1. The maximum atomic E-state index is 12.2. The minimum absolute atomic E-state index is 0.244. The Morgan fingerprint density at radius 3 is 2.95 bits per heavy atom. The number of methoxy groups -OCH3 is 1. The van der Waals surface area contributed by atoms with Crippen LogP contribution in [0.5, 0.6) is 5.75 Å². The summed E-state index contributed by atoms with van der Waals surface area (Å²) in [5.74, 6) is 0.630. The first-order chi connectivity index (χ1) is 10.1. The number of fused-ring (bicyclic) bond motifs is 1. The number of nitrogens with zero attached hydrogens (tertiary/aromatic N) is 1. The Morgan fingerprint density at radius 2 is 2.24 bits per heavy atom. The van der Waals surface area contributed by atoms with Gasteiger partial charge in [0, 0.05) is 13.1 Å². The van der Waals surface area contributed by atoms with E-state index in [0.29, 0.717) is 19.7 Å². The van der Waals surface area contributed by atoms with E-state index in [9.17, 15) is 4.79 Å². The van der Waals surface area contributed by atoms with E-state index in [2.05, 4.69) is 10.2 Å². The molecule has 0 fully saturated rings. The van der Waals surface area contributed by atoms with Crippen LogP contribution < -0.4 is 15.0 Å². The van der Waals surface area contributed by atoms with Crippen LogP contribution in [0.25, 0.3) is 0 Å². The first kappa shape index (κ1) is 15.6. The molecule has 0 spiro atoms. The van der Waals surface area contributed by atoms with Crippen molar-refractivity contribution in [2.75, 3.05) is 38.3 Å². The summed E-state index contributed by atoms with van der Waals surface area (Å²) in [6.45, 7) is 6.68. The fourth-order valence-corrected chi connectivity index (χ4v) is 2.75. The quantitative estimate of drug-likeness (QED) is 0.839. The molecule has 2 rings (SSSR count). The van der Waals surface area contributed by atoms with Crippen LogP contribution in [0, 0.1) is 0 Å². The third-order valence-electron chi connectivity index (χ3n) is 3.75. The average molecular weight is 292 g/mol. The lowest BCUT2D eigenvalue weighted by Gasteiger charge is -2.34. The monoisotopic (exact) mass is 292 g/mol. The summed E-state index contributed by atoms with van der Waals surface area (Å²) in [5.41, 5.74) is 0.295. The summed E-state index contributed by atoms with van der Waals surface area (Å²) in [7, 11) is 1.43. The number of para-hydroxylation sites is 2. The van der Waals surface area contributed by atoms with Crippen LogP contribution in [0.15, 0.2) is 24.3 Å². The van der Waals surface area contributed by atoms with E-state index in [-0.39, 0.29) is 5.97 Å². The van der Waals surface area contributed by atoms with Gasteiger partial charge in [0.2, 0.25) is 0 Å². The molecular formula is C16H24N2O3. The number of benzene rings is 1. The average Bonchev–Trinajstić information content (AvgIpc) is 2.69. The lowest BCUT2D eigenvalue weighted by Crippen LogP contribution is -2.57. The summed E-state index contributed by atoms with van der Waals surface area (Å²) in [6.07, 6.45) is 0.929. The first-order valence-electron chi connectivity index (χ1n) is 7.41. The molecule has 1 N–H and O–H groups in total. The zero-order valence-electron chi connectivity index (χ0n) is 13.0. The molecule has 0 radical (unpaired) electrons. The van der Waals surface area contributed by atoms with Crippen molar-refractivity contribution < 1.29 is 14.3 Å². The van der Waals surface area contributed by atoms with Gasteiger partial charge in [-0.1, -0.05) is 19.1 Å². The van der Waals surface area contributed by atoms with E-state index >= 15 is 0 Å². The van der Waals surface area contributed by atoms with Crippen LogP contribution in [0.1, 0.15) is 20.3 Å². The number of hydrogen-bond acceptors (Lipinski definition) is 5. The van der Waals surface area contributed by atoms with Gasteiger partial charge in [0.25, 0.3) is 0 Å². The van der Waals surface area contributed by atoms with Crippen molar-refractivity contribution in [3.05, 3.63) is 24.3 Å². The van der Waals surface area contributed by atoms with Crippen molar-refractivity contribution in [3.8, 4) is 5.75 Å². The summed E-state index contributed by atoms with van der Waals surface area (Å²) >= 11 is 0. The number of anilines is 1. The fourth-order valence-electron chi connectivity index (χ4n) is 2.75. The van der Waals surface area contributed by atoms with Crippen molar-refractivity contribution in [2.45, 2.75) is 25.8 Å². The molecular weight excluding hydrogens is 268 g/mol. The van der Waals surface area contributed by atoms with Gasteiger partial charge in [-0.25, -0.2) is 4.79 Å². The van der Waals surface area contributed by atoms with Crippen molar-refractivity contribution in [1.82, 2.24) is 5.32 Å². The van der Waals surface area contributed by atoms with Gasteiger partial charge < -0.3 is 19.7 Å². The highest BCUT2D eigenvalue weighted by Gasteiger charge is 2.36. The molecule has 1 aliphatic rings. The lowest BCUT2D eigenvalue weighted by atomic mass is 10.0. The summed E-state index contributed by atoms with van der Waals surface area (Å²) in [6, 6.07) is 7.95. The van der Waals surface area contributed by atoms with E-state index in [0.717, 1.165) is 24.4 Å². The molecule has 1 aromatic rings.